The van der Waals surface area contributed by atoms with E-state index in [4.69, 9.17) is 9.39 Å². The van der Waals surface area contributed by atoms with Crippen molar-refractivity contribution in [1.29, 1.82) is 0 Å². The van der Waals surface area contributed by atoms with E-state index in [9.17, 15) is 14.9 Å². The Hall–Kier alpha value is -1.02. The van der Waals surface area contributed by atoms with Gasteiger partial charge < -0.3 is 19.5 Å². The summed E-state index contributed by atoms with van der Waals surface area (Å²) in [6, 6.07) is 9.49. The minimum atomic E-state index is -1.26. The largest absolute Gasteiger partial charge is 0.469 e. The summed E-state index contributed by atoms with van der Waals surface area (Å²) in [4.78, 5) is 13.2. The summed E-state index contributed by atoms with van der Waals surface area (Å²) in [5.41, 5.74) is -2.77. The van der Waals surface area contributed by atoms with Crippen LogP contribution in [0.3, 0.4) is 0 Å². The van der Waals surface area contributed by atoms with Crippen molar-refractivity contribution in [3.63, 3.8) is 0 Å². The fourth-order valence-corrected chi connectivity index (χ4v) is 3.00. The van der Waals surface area contributed by atoms with Gasteiger partial charge in [0.25, 0.3) is 0 Å². The Kier molecular flexibility index (Phi) is 7.78. The van der Waals surface area contributed by atoms with Crippen LogP contribution in [0.4, 0.5) is 0 Å². The zero-order valence-electron chi connectivity index (χ0n) is 16.8. The number of carbonyl (C=O) groups excluding carboxylic acids is 1. The molecule has 1 unspecified atom stereocenters. The molecule has 1 aromatic rings. The highest BCUT2D eigenvalue weighted by Gasteiger charge is 2.42. The quantitative estimate of drug-likeness (QED) is 0.407. The van der Waals surface area contributed by atoms with Crippen LogP contribution >= 0.6 is 11.8 Å². The number of hydrogen-bond donors (Lipinski definition) is 2. The van der Waals surface area contributed by atoms with Gasteiger partial charge in [-0.25, -0.2) is 0 Å². The third-order valence-corrected chi connectivity index (χ3v) is 5.27. The van der Waals surface area contributed by atoms with Gasteiger partial charge in [0.1, 0.15) is 5.60 Å². The van der Waals surface area contributed by atoms with E-state index in [1.807, 2.05) is 30.3 Å². The Morgan fingerprint density at radius 3 is 2.12 bits per heavy atom. The van der Waals surface area contributed by atoms with Gasteiger partial charge in [0.2, 0.25) is 0 Å². The number of rotatable bonds is 8. The number of thioether (sulfide) groups is 1. The molecule has 0 heterocycles. The topological polar surface area (TPSA) is 76.0 Å². The molecule has 1 atom stereocenters. The summed E-state index contributed by atoms with van der Waals surface area (Å²) in [6.07, 6.45) is -0.0140. The first kappa shape index (κ1) is 23.0. The van der Waals surface area contributed by atoms with Crippen LogP contribution in [0.2, 0.25) is 0 Å². The third kappa shape index (κ3) is 7.70. The summed E-state index contributed by atoms with van der Waals surface area (Å²) < 4.78 is 11.1. The minimum Gasteiger partial charge on any atom is -0.460 e. The average Bonchev–Trinajstić information content (AvgIpc) is 2.44. The maximum absolute atomic E-state index is 12.3. The normalized spacial score (nSPS) is 14.0. The molecule has 0 radical (unpaired) electrons. The zero-order valence-corrected chi connectivity index (χ0v) is 17.6. The van der Waals surface area contributed by atoms with Crippen molar-refractivity contribution in [3.05, 3.63) is 30.3 Å². The minimum absolute atomic E-state index is 0.0140. The van der Waals surface area contributed by atoms with Gasteiger partial charge >= 0.3 is 13.1 Å². The molecule has 0 aliphatic carbocycles. The molecular formula is C19H31BO5S. The van der Waals surface area contributed by atoms with Gasteiger partial charge in [-0.15, -0.1) is 11.8 Å². The van der Waals surface area contributed by atoms with E-state index in [1.165, 1.54) is 11.8 Å². The van der Waals surface area contributed by atoms with Crippen molar-refractivity contribution in [2.75, 3.05) is 0 Å². The van der Waals surface area contributed by atoms with E-state index in [-0.39, 0.29) is 6.42 Å². The molecule has 7 heteroatoms. The summed E-state index contributed by atoms with van der Waals surface area (Å²) >= 11 is 1.34. The van der Waals surface area contributed by atoms with Gasteiger partial charge in [0.05, 0.1) is 22.8 Å². The summed E-state index contributed by atoms with van der Waals surface area (Å²) in [5, 5.41) is 20.3. The van der Waals surface area contributed by atoms with Crippen LogP contribution in [-0.4, -0.2) is 45.2 Å². The summed E-state index contributed by atoms with van der Waals surface area (Å²) in [7, 11) is -1.26. The van der Waals surface area contributed by atoms with Crippen molar-refractivity contribution < 1.29 is 24.3 Å². The lowest BCUT2D eigenvalue weighted by Gasteiger charge is -2.39. The lowest BCUT2D eigenvalue weighted by Crippen LogP contribution is -2.52. The number of benzene rings is 1. The molecule has 5 nitrogen and oxygen atoms in total. The molecule has 2 N–H and O–H groups in total. The van der Waals surface area contributed by atoms with Crippen molar-refractivity contribution in [3.8, 4) is 0 Å². The van der Waals surface area contributed by atoms with Crippen molar-refractivity contribution >= 4 is 24.8 Å². The van der Waals surface area contributed by atoms with Gasteiger partial charge in [-0.1, -0.05) is 18.2 Å². The molecule has 0 saturated heterocycles. The second kappa shape index (κ2) is 8.78. The Morgan fingerprint density at radius 1 is 1.12 bits per heavy atom. The molecular weight excluding hydrogens is 351 g/mol. The standard InChI is InChI=1S/C19H31BO5S/c1-17(2,3)24-16(21)13-15(26-14-11-9-8-10-12-14)20(23)25-19(6,7)18(4,5)22/h8-12,15,22-23H,13H2,1-7H3. The van der Waals surface area contributed by atoms with E-state index in [0.29, 0.717) is 0 Å². The summed E-state index contributed by atoms with van der Waals surface area (Å²) in [6.45, 7) is 12.0. The number of carbonyl (C=O) groups is 1. The number of aliphatic hydroxyl groups is 1. The highest BCUT2D eigenvalue weighted by molar-refractivity contribution is 8.01. The molecule has 146 valence electrons. The lowest BCUT2D eigenvalue weighted by atomic mass is 9.78. The van der Waals surface area contributed by atoms with Crippen molar-refractivity contribution in [2.45, 2.75) is 81.7 Å². The average molecular weight is 382 g/mol. The van der Waals surface area contributed by atoms with E-state index in [0.717, 1.165) is 4.90 Å². The van der Waals surface area contributed by atoms with E-state index < -0.39 is 35.0 Å². The first-order valence-corrected chi connectivity index (χ1v) is 9.61. The molecule has 0 amide bonds. The highest BCUT2D eigenvalue weighted by atomic mass is 32.2. The van der Waals surface area contributed by atoms with Gasteiger partial charge in [-0.2, -0.15) is 0 Å². The first-order chi connectivity index (χ1) is 11.7. The first-order valence-electron chi connectivity index (χ1n) is 8.73. The van der Waals surface area contributed by atoms with Gasteiger partial charge in [-0.3, -0.25) is 4.79 Å². The van der Waals surface area contributed by atoms with Gasteiger partial charge in [-0.05, 0) is 60.6 Å². The second-order valence-electron chi connectivity index (χ2n) is 8.34. The van der Waals surface area contributed by atoms with Crippen LogP contribution in [0, 0.1) is 0 Å². The van der Waals surface area contributed by atoms with Crippen LogP contribution in [-0.2, 0) is 14.2 Å². The zero-order chi connectivity index (χ0) is 20.2. The number of esters is 1. The lowest BCUT2D eigenvalue weighted by molar-refractivity contribution is -0.154. The molecule has 0 aliphatic heterocycles. The molecule has 0 saturated carbocycles. The molecule has 0 aliphatic rings. The van der Waals surface area contributed by atoms with Crippen LogP contribution in [0.15, 0.2) is 35.2 Å². The van der Waals surface area contributed by atoms with Crippen molar-refractivity contribution in [2.24, 2.45) is 0 Å². The Bertz CT molecular complexity index is 578. The maximum atomic E-state index is 12.3. The third-order valence-electron chi connectivity index (χ3n) is 4.03. The molecule has 1 rings (SSSR count). The molecule has 0 fully saturated rings. The molecule has 1 aromatic carbocycles. The molecule has 0 aromatic heterocycles. The van der Waals surface area contributed by atoms with E-state index >= 15 is 0 Å². The van der Waals surface area contributed by atoms with Crippen LogP contribution in [0.25, 0.3) is 0 Å². The van der Waals surface area contributed by atoms with Gasteiger partial charge in [0.15, 0.2) is 0 Å². The molecule has 26 heavy (non-hydrogen) atoms. The molecule has 0 spiro atoms. The second-order valence-corrected chi connectivity index (χ2v) is 9.65. The monoisotopic (exact) mass is 382 g/mol. The summed E-state index contributed by atoms with van der Waals surface area (Å²) in [5.74, 6) is -0.408. The maximum Gasteiger partial charge on any atom is 0.469 e. The van der Waals surface area contributed by atoms with Crippen LogP contribution < -0.4 is 0 Å². The SMILES string of the molecule is CC(C)(C)OC(=O)CC(Sc1ccccc1)B(O)OC(C)(C)C(C)(C)O. The Balaban J connectivity index is 2.94. The van der Waals surface area contributed by atoms with Gasteiger partial charge in [0, 0.05) is 4.90 Å². The van der Waals surface area contributed by atoms with Crippen LogP contribution in [0.5, 0.6) is 0 Å². The fraction of sp³-hybridized carbons (Fsp3) is 0.632. The Morgan fingerprint density at radius 2 is 1.65 bits per heavy atom. The Labute approximate surface area is 161 Å². The number of hydrogen-bond acceptors (Lipinski definition) is 6. The predicted octanol–water partition coefficient (Wildman–Crippen LogP) is 3.46. The predicted molar refractivity (Wildman–Crippen MR) is 106 cm³/mol. The van der Waals surface area contributed by atoms with E-state index in [1.54, 1.807) is 48.5 Å². The fourth-order valence-electron chi connectivity index (χ4n) is 1.94. The van der Waals surface area contributed by atoms with Crippen LogP contribution in [0.1, 0.15) is 54.9 Å². The van der Waals surface area contributed by atoms with Crippen molar-refractivity contribution in [1.82, 2.24) is 0 Å². The van der Waals surface area contributed by atoms with E-state index in [2.05, 4.69) is 0 Å². The smallest absolute Gasteiger partial charge is 0.460 e. The highest BCUT2D eigenvalue weighted by Crippen LogP contribution is 2.32. The molecule has 0 bridgehead atoms. The number of ether oxygens (including phenoxy) is 1.